The van der Waals surface area contributed by atoms with Crippen LogP contribution in [0.25, 0.3) is 0 Å². The fraction of sp³-hybridized carbons (Fsp3) is 0.375. The number of nitrogens with zero attached hydrogens (tertiary/aromatic N) is 1. The summed E-state index contributed by atoms with van der Waals surface area (Å²) in [5.74, 6) is 0. The van der Waals surface area contributed by atoms with Crippen LogP contribution in [0.1, 0.15) is 0 Å². The maximum Gasteiger partial charge on any atom is 0.319 e. The minimum Gasteiger partial charge on any atom is -0.372 e. The summed E-state index contributed by atoms with van der Waals surface area (Å²) in [6, 6.07) is -0.409. The zero-order chi connectivity index (χ0) is 9.26. The van der Waals surface area contributed by atoms with Crippen molar-refractivity contribution in [1.29, 1.82) is 0 Å². The van der Waals surface area contributed by atoms with Crippen LogP contribution in [0, 0.1) is 0 Å². The van der Waals surface area contributed by atoms with Crippen molar-refractivity contribution in [2.45, 2.75) is 0 Å². The molecule has 0 atom stereocenters. The van der Waals surface area contributed by atoms with E-state index in [1.807, 2.05) is 6.08 Å². The zero-order valence-electron chi connectivity index (χ0n) is 7.21. The minimum atomic E-state index is -0.409. The van der Waals surface area contributed by atoms with Crippen LogP contribution in [0.5, 0.6) is 0 Å². The molecule has 0 bridgehead atoms. The second kappa shape index (κ2) is 3.10. The number of urea groups is 1. The normalized spacial score (nSPS) is 21.1. The smallest absolute Gasteiger partial charge is 0.319 e. The SMILES string of the molecule is NC(=O)N1C=CC2=C(CNCN2)C1. The lowest BCUT2D eigenvalue weighted by atomic mass is 10.1. The third-order valence-electron chi connectivity index (χ3n) is 2.19. The molecule has 0 aliphatic carbocycles. The van der Waals surface area contributed by atoms with E-state index in [9.17, 15) is 4.79 Å². The van der Waals surface area contributed by atoms with Gasteiger partial charge in [-0.15, -0.1) is 0 Å². The van der Waals surface area contributed by atoms with Gasteiger partial charge in [-0.3, -0.25) is 10.2 Å². The van der Waals surface area contributed by atoms with E-state index in [-0.39, 0.29) is 0 Å². The monoisotopic (exact) mass is 180 g/mol. The van der Waals surface area contributed by atoms with Gasteiger partial charge in [-0.05, 0) is 11.6 Å². The molecule has 2 amide bonds. The number of rotatable bonds is 0. The highest BCUT2D eigenvalue weighted by molar-refractivity contribution is 5.74. The quantitative estimate of drug-likeness (QED) is 0.461. The summed E-state index contributed by atoms with van der Waals surface area (Å²) in [4.78, 5) is 12.4. The van der Waals surface area contributed by atoms with Gasteiger partial charge in [0.2, 0.25) is 0 Å². The molecular weight excluding hydrogens is 168 g/mol. The first-order valence-corrected chi connectivity index (χ1v) is 4.18. The fourth-order valence-corrected chi connectivity index (χ4v) is 1.48. The molecule has 0 radical (unpaired) electrons. The first-order chi connectivity index (χ1) is 6.27. The van der Waals surface area contributed by atoms with E-state index in [1.54, 1.807) is 6.20 Å². The third kappa shape index (κ3) is 1.50. The van der Waals surface area contributed by atoms with Crippen molar-refractivity contribution in [2.75, 3.05) is 19.8 Å². The van der Waals surface area contributed by atoms with Gasteiger partial charge in [0.1, 0.15) is 0 Å². The number of hydrogen-bond donors (Lipinski definition) is 3. The van der Waals surface area contributed by atoms with Gasteiger partial charge in [-0.1, -0.05) is 0 Å². The fourth-order valence-electron chi connectivity index (χ4n) is 1.48. The largest absolute Gasteiger partial charge is 0.372 e. The predicted molar refractivity (Wildman–Crippen MR) is 48.5 cm³/mol. The summed E-state index contributed by atoms with van der Waals surface area (Å²) in [5, 5.41) is 6.35. The highest BCUT2D eigenvalue weighted by atomic mass is 16.2. The van der Waals surface area contributed by atoms with E-state index < -0.39 is 6.03 Å². The maximum atomic E-state index is 10.9. The molecule has 2 rings (SSSR count). The van der Waals surface area contributed by atoms with Crippen molar-refractivity contribution in [3.05, 3.63) is 23.5 Å². The molecule has 0 spiro atoms. The van der Waals surface area contributed by atoms with Crippen LogP contribution >= 0.6 is 0 Å². The Morgan fingerprint density at radius 2 is 2.46 bits per heavy atom. The second-order valence-corrected chi connectivity index (χ2v) is 3.08. The summed E-state index contributed by atoms with van der Waals surface area (Å²) in [6.45, 7) is 2.18. The lowest BCUT2D eigenvalue weighted by Crippen LogP contribution is -2.43. The van der Waals surface area contributed by atoms with Crippen molar-refractivity contribution in [3.63, 3.8) is 0 Å². The van der Waals surface area contributed by atoms with Crippen LogP contribution in [-0.2, 0) is 0 Å². The lowest BCUT2D eigenvalue weighted by molar-refractivity contribution is 0.226. The second-order valence-electron chi connectivity index (χ2n) is 3.08. The molecule has 0 saturated heterocycles. The van der Waals surface area contributed by atoms with E-state index >= 15 is 0 Å². The van der Waals surface area contributed by atoms with Crippen LogP contribution in [0.4, 0.5) is 4.79 Å². The van der Waals surface area contributed by atoms with E-state index in [0.717, 1.165) is 18.9 Å². The molecule has 13 heavy (non-hydrogen) atoms. The van der Waals surface area contributed by atoms with Gasteiger partial charge < -0.3 is 11.1 Å². The Morgan fingerprint density at radius 1 is 1.62 bits per heavy atom. The van der Waals surface area contributed by atoms with Gasteiger partial charge in [-0.25, -0.2) is 4.79 Å². The van der Waals surface area contributed by atoms with Crippen molar-refractivity contribution in [2.24, 2.45) is 5.73 Å². The van der Waals surface area contributed by atoms with E-state index in [2.05, 4.69) is 10.6 Å². The average molecular weight is 180 g/mol. The van der Waals surface area contributed by atoms with E-state index in [1.165, 1.54) is 10.5 Å². The summed E-state index contributed by atoms with van der Waals surface area (Å²) in [5.41, 5.74) is 7.44. The highest BCUT2D eigenvalue weighted by Gasteiger charge is 2.18. The van der Waals surface area contributed by atoms with Crippen LogP contribution in [0.3, 0.4) is 0 Å². The van der Waals surface area contributed by atoms with Gasteiger partial charge in [0.15, 0.2) is 0 Å². The minimum absolute atomic E-state index is 0.409. The standard InChI is InChI=1S/C8H12N4O/c9-8(13)12-2-1-7-6(4-12)3-10-5-11-7/h1-2,10-11H,3-5H2,(H2,9,13). The highest BCUT2D eigenvalue weighted by Crippen LogP contribution is 2.13. The molecule has 0 aromatic heterocycles. The van der Waals surface area contributed by atoms with Gasteiger partial charge in [0, 0.05) is 18.4 Å². The summed E-state index contributed by atoms with van der Waals surface area (Å²) in [6.07, 6.45) is 3.59. The van der Waals surface area contributed by atoms with E-state index in [0.29, 0.717) is 6.54 Å². The van der Waals surface area contributed by atoms with Crippen molar-refractivity contribution >= 4 is 6.03 Å². The Hall–Kier alpha value is -1.49. The molecule has 0 aromatic carbocycles. The first-order valence-electron chi connectivity index (χ1n) is 4.18. The van der Waals surface area contributed by atoms with Crippen molar-refractivity contribution in [3.8, 4) is 0 Å². The molecule has 5 nitrogen and oxygen atoms in total. The predicted octanol–water partition coefficient (Wildman–Crippen LogP) is -0.701. The van der Waals surface area contributed by atoms with Gasteiger partial charge in [0.05, 0.1) is 13.2 Å². The maximum absolute atomic E-state index is 10.9. The molecule has 5 heteroatoms. The third-order valence-corrected chi connectivity index (χ3v) is 2.19. The zero-order valence-corrected chi connectivity index (χ0v) is 7.21. The Bertz CT molecular complexity index is 295. The Balaban J connectivity index is 2.15. The topological polar surface area (TPSA) is 70.4 Å². The van der Waals surface area contributed by atoms with E-state index in [4.69, 9.17) is 5.73 Å². The average Bonchev–Trinajstić information content (AvgIpc) is 2.17. The lowest BCUT2D eigenvalue weighted by Gasteiger charge is -2.28. The summed E-state index contributed by atoms with van der Waals surface area (Å²) < 4.78 is 0. The number of amides is 2. The summed E-state index contributed by atoms with van der Waals surface area (Å²) in [7, 11) is 0. The molecule has 4 N–H and O–H groups in total. The number of carbonyl (C=O) groups is 1. The van der Waals surface area contributed by atoms with Crippen molar-refractivity contribution < 1.29 is 4.79 Å². The molecular formula is C8H12N4O. The number of allylic oxidation sites excluding steroid dienone is 1. The van der Waals surface area contributed by atoms with Crippen LogP contribution in [-0.4, -0.2) is 30.7 Å². The number of nitrogens with two attached hydrogens (primary N) is 1. The Morgan fingerprint density at radius 3 is 3.23 bits per heavy atom. The molecule has 2 aliphatic heterocycles. The number of nitrogens with one attached hydrogen (secondary N) is 2. The Kier molecular flexibility index (Phi) is 1.94. The molecule has 70 valence electrons. The van der Waals surface area contributed by atoms with Crippen molar-refractivity contribution in [1.82, 2.24) is 15.5 Å². The number of hydrogen-bond acceptors (Lipinski definition) is 3. The number of primary amides is 1. The van der Waals surface area contributed by atoms with Gasteiger partial charge in [0.25, 0.3) is 0 Å². The molecule has 0 unspecified atom stereocenters. The molecule has 0 fully saturated rings. The molecule has 0 saturated carbocycles. The van der Waals surface area contributed by atoms with Crippen LogP contribution in [0.2, 0.25) is 0 Å². The van der Waals surface area contributed by atoms with Gasteiger partial charge in [-0.2, -0.15) is 0 Å². The van der Waals surface area contributed by atoms with Gasteiger partial charge >= 0.3 is 6.03 Å². The number of carbonyl (C=O) groups excluding carboxylic acids is 1. The molecule has 0 aromatic rings. The molecule has 2 aliphatic rings. The summed E-state index contributed by atoms with van der Waals surface area (Å²) >= 11 is 0. The first kappa shape index (κ1) is 8.12. The molecule has 2 heterocycles. The Labute approximate surface area is 76.3 Å². The van der Waals surface area contributed by atoms with Crippen LogP contribution < -0.4 is 16.4 Å². The van der Waals surface area contributed by atoms with Crippen LogP contribution in [0.15, 0.2) is 23.5 Å².